The van der Waals surface area contributed by atoms with Crippen LogP contribution < -0.4 is 5.73 Å². The molecule has 2 N–H and O–H groups in total. The van der Waals surface area contributed by atoms with Crippen LogP contribution in [0.5, 0.6) is 0 Å². The van der Waals surface area contributed by atoms with Crippen molar-refractivity contribution in [3.63, 3.8) is 0 Å². The van der Waals surface area contributed by atoms with Crippen LogP contribution in [-0.2, 0) is 14.3 Å². The van der Waals surface area contributed by atoms with Crippen LogP contribution in [0.15, 0.2) is 0 Å². The first kappa shape index (κ1) is 12.8. The number of hydrogen-bond acceptors (Lipinski definition) is 4. The van der Waals surface area contributed by atoms with Crippen molar-refractivity contribution < 1.29 is 14.3 Å². The Balaban J connectivity index is 1.85. The fourth-order valence-corrected chi connectivity index (χ4v) is 2.79. The van der Waals surface area contributed by atoms with E-state index in [1.807, 2.05) is 0 Å². The summed E-state index contributed by atoms with van der Waals surface area (Å²) in [5, 5.41) is 0. The molecular formula is C13H23NO3. The molecule has 2 saturated carbocycles. The van der Waals surface area contributed by atoms with Crippen molar-refractivity contribution in [2.45, 2.75) is 57.2 Å². The molecule has 98 valence electrons. The van der Waals surface area contributed by atoms with Crippen molar-refractivity contribution in [1.82, 2.24) is 0 Å². The van der Waals surface area contributed by atoms with Gasteiger partial charge < -0.3 is 15.2 Å². The summed E-state index contributed by atoms with van der Waals surface area (Å²) in [5.41, 5.74) is 5.34. The summed E-state index contributed by atoms with van der Waals surface area (Å²) in [6.45, 7) is 0.423. The summed E-state index contributed by atoms with van der Waals surface area (Å²) in [7, 11) is 1.72. The fraction of sp³-hybridized carbons (Fsp3) is 0.923. The fourth-order valence-electron chi connectivity index (χ4n) is 2.79. The molecule has 4 nitrogen and oxygen atoms in total. The summed E-state index contributed by atoms with van der Waals surface area (Å²) < 4.78 is 11.0. The molecule has 0 amide bonds. The van der Waals surface area contributed by atoms with Crippen LogP contribution in [0.3, 0.4) is 0 Å². The molecule has 0 bridgehead atoms. The van der Waals surface area contributed by atoms with Crippen LogP contribution in [0.4, 0.5) is 0 Å². The number of hydrogen-bond donors (Lipinski definition) is 1. The maximum absolute atomic E-state index is 12.1. The molecule has 2 atom stereocenters. The summed E-state index contributed by atoms with van der Waals surface area (Å²) in [6.07, 6.45) is 7.11. The molecule has 17 heavy (non-hydrogen) atoms. The molecule has 4 heteroatoms. The molecule has 2 unspecified atom stereocenters. The zero-order valence-electron chi connectivity index (χ0n) is 10.6. The highest BCUT2D eigenvalue weighted by atomic mass is 16.5. The van der Waals surface area contributed by atoms with Gasteiger partial charge in [-0.1, -0.05) is 6.42 Å². The maximum Gasteiger partial charge on any atom is 0.313 e. The van der Waals surface area contributed by atoms with E-state index in [9.17, 15) is 4.79 Å². The van der Waals surface area contributed by atoms with Gasteiger partial charge in [0.1, 0.15) is 6.10 Å². The van der Waals surface area contributed by atoms with Gasteiger partial charge in [0.2, 0.25) is 0 Å². The lowest BCUT2D eigenvalue weighted by Gasteiger charge is -2.40. The van der Waals surface area contributed by atoms with Crippen LogP contribution in [0, 0.1) is 5.41 Å². The summed E-state index contributed by atoms with van der Waals surface area (Å²) in [4.78, 5) is 12.1. The van der Waals surface area contributed by atoms with E-state index >= 15 is 0 Å². The average molecular weight is 241 g/mol. The highest BCUT2D eigenvalue weighted by Crippen LogP contribution is 2.41. The Morgan fingerprint density at radius 2 is 2.00 bits per heavy atom. The minimum atomic E-state index is -0.361. The van der Waals surface area contributed by atoms with E-state index in [4.69, 9.17) is 15.2 Å². The third-order valence-corrected chi connectivity index (χ3v) is 4.32. The molecule has 2 fully saturated rings. The standard InChI is InChI=1S/C13H23NO3/c1-16-10-4-2-5-11(8-10)17-12(15)13(9-14)6-3-7-13/h10-11H,2-9,14H2,1H3. The number of nitrogens with two attached hydrogens (primary N) is 1. The minimum absolute atomic E-state index is 0.0326. The summed E-state index contributed by atoms with van der Waals surface area (Å²) in [6, 6.07) is 0. The highest BCUT2D eigenvalue weighted by molar-refractivity contribution is 5.78. The van der Waals surface area contributed by atoms with Crippen LogP contribution >= 0.6 is 0 Å². The van der Waals surface area contributed by atoms with Gasteiger partial charge in [-0.25, -0.2) is 0 Å². The number of esters is 1. The lowest BCUT2D eigenvalue weighted by Crippen LogP contribution is -2.47. The molecule has 2 rings (SSSR count). The Bertz CT molecular complexity index is 270. The zero-order chi connectivity index (χ0) is 12.3. The van der Waals surface area contributed by atoms with Gasteiger partial charge in [0.15, 0.2) is 0 Å². The molecule has 0 spiro atoms. The summed E-state index contributed by atoms with van der Waals surface area (Å²) in [5.74, 6) is -0.0759. The van der Waals surface area contributed by atoms with Gasteiger partial charge in [0.05, 0.1) is 11.5 Å². The van der Waals surface area contributed by atoms with Crippen molar-refractivity contribution >= 4 is 5.97 Å². The molecule has 0 aromatic heterocycles. The lowest BCUT2D eigenvalue weighted by molar-refractivity contribution is -0.170. The van der Waals surface area contributed by atoms with E-state index in [1.54, 1.807) is 7.11 Å². The normalized spacial score (nSPS) is 31.6. The Labute approximate surface area is 103 Å². The van der Waals surface area contributed by atoms with E-state index in [0.29, 0.717) is 6.54 Å². The third kappa shape index (κ3) is 2.63. The third-order valence-electron chi connectivity index (χ3n) is 4.32. The second kappa shape index (κ2) is 5.36. The number of methoxy groups -OCH3 is 1. The average Bonchev–Trinajstić information content (AvgIpc) is 2.28. The second-order valence-electron chi connectivity index (χ2n) is 5.39. The van der Waals surface area contributed by atoms with Crippen LogP contribution in [0.25, 0.3) is 0 Å². The molecule has 0 heterocycles. The van der Waals surface area contributed by atoms with Gasteiger partial charge in [-0.3, -0.25) is 4.79 Å². The monoisotopic (exact) mass is 241 g/mol. The van der Waals surface area contributed by atoms with Gasteiger partial charge in [-0.05, 0) is 32.1 Å². The predicted octanol–water partition coefficient (Wildman–Crippen LogP) is 1.62. The number of carbonyl (C=O) groups excluding carboxylic acids is 1. The largest absolute Gasteiger partial charge is 0.462 e. The Kier molecular flexibility index (Phi) is 4.05. The molecule has 0 aromatic carbocycles. The minimum Gasteiger partial charge on any atom is -0.462 e. The Hall–Kier alpha value is -0.610. The molecule has 0 saturated heterocycles. The van der Waals surface area contributed by atoms with Gasteiger partial charge in [0, 0.05) is 20.1 Å². The first-order valence-electron chi connectivity index (χ1n) is 6.64. The number of rotatable bonds is 4. The summed E-state index contributed by atoms with van der Waals surface area (Å²) >= 11 is 0. The molecule has 0 aliphatic heterocycles. The van der Waals surface area contributed by atoms with Crippen molar-refractivity contribution in [3.8, 4) is 0 Å². The van der Waals surface area contributed by atoms with E-state index in [-0.39, 0.29) is 23.6 Å². The molecule has 0 aromatic rings. The second-order valence-corrected chi connectivity index (χ2v) is 5.39. The smallest absolute Gasteiger partial charge is 0.313 e. The maximum atomic E-state index is 12.1. The number of carbonyl (C=O) groups is 1. The Morgan fingerprint density at radius 3 is 2.53 bits per heavy atom. The van der Waals surface area contributed by atoms with Crippen molar-refractivity contribution in [2.24, 2.45) is 11.1 Å². The SMILES string of the molecule is COC1CCCC(OC(=O)C2(CN)CCC2)C1. The van der Waals surface area contributed by atoms with E-state index in [0.717, 1.165) is 44.9 Å². The van der Waals surface area contributed by atoms with Gasteiger partial charge >= 0.3 is 5.97 Å². The van der Waals surface area contributed by atoms with Gasteiger partial charge in [0.25, 0.3) is 0 Å². The topological polar surface area (TPSA) is 61.5 Å². The van der Waals surface area contributed by atoms with Crippen LogP contribution in [0.2, 0.25) is 0 Å². The van der Waals surface area contributed by atoms with Gasteiger partial charge in [-0.2, -0.15) is 0 Å². The quantitative estimate of drug-likeness (QED) is 0.760. The Morgan fingerprint density at radius 1 is 1.29 bits per heavy atom. The van der Waals surface area contributed by atoms with E-state index in [2.05, 4.69) is 0 Å². The molecule has 0 radical (unpaired) electrons. The van der Waals surface area contributed by atoms with Crippen molar-refractivity contribution in [1.29, 1.82) is 0 Å². The van der Waals surface area contributed by atoms with Gasteiger partial charge in [-0.15, -0.1) is 0 Å². The first-order valence-corrected chi connectivity index (χ1v) is 6.64. The van der Waals surface area contributed by atoms with Crippen molar-refractivity contribution in [2.75, 3.05) is 13.7 Å². The number of ether oxygens (including phenoxy) is 2. The highest BCUT2D eigenvalue weighted by Gasteiger charge is 2.45. The lowest BCUT2D eigenvalue weighted by atomic mass is 9.69. The first-order chi connectivity index (χ1) is 8.20. The van der Waals surface area contributed by atoms with E-state index in [1.165, 1.54) is 0 Å². The van der Waals surface area contributed by atoms with Crippen molar-refractivity contribution in [3.05, 3.63) is 0 Å². The predicted molar refractivity (Wildman–Crippen MR) is 64.5 cm³/mol. The van der Waals surface area contributed by atoms with E-state index < -0.39 is 0 Å². The molecule has 2 aliphatic rings. The van der Waals surface area contributed by atoms with Crippen LogP contribution in [-0.4, -0.2) is 31.8 Å². The molecular weight excluding hydrogens is 218 g/mol. The molecule has 2 aliphatic carbocycles. The zero-order valence-corrected chi connectivity index (χ0v) is 10.6. The van der Waals surface area contributed by atoms with Crippen LogP contribution in [0.1, 0.15) is 44.9 Å².